The molecule has 0 aliphatic rings. The Hall–Kier alpha value is -1.08. The van der Waals surface area contributed by atoms with Gasteiger partial charge in [-0.1, -0.05) is 5.92 Å². The van der Waals surface area contributed by atoms with Gasteiger partial charge in [-0.25, -0.2) is 9.97 Å². The summed E-state index contributed by atoms with van der Waals surface area (Å²) in [6.07, 6.45) is 8.47. The summed E-state index contributed by atoms with van der Waals surface area (Å²) >= 11 is 3.37. The van der Waals surface area contributed by atoms with Crippen molar-refractivity contribution in [3.05, 3.63) is 17.0 Å². The summed E-state index contributed by atoms with van der Waals surface area (Å²) in [6, 6.07) is 0. The van der Waals surface area contributed by atoms with Crippen molar-refractivity contribution >= 4 is 21.7 Å². The van der Waals surface area contributed by atoms with E-state index in [1.54, 1.807) is 6.20 Å². The first-order chi connectivity index (χ1) is 6.29. The van der Waals surface area contributed by atoms with Crippen LogP contribution in [0.25, 0.3) is 0 Å². The summed E-state index contributed by atoms with van der Waals surface area (Å²) in [6.45, 7) is 3.43. The van der Waals surface area contributed by atoms with E-state index in [-0.39, 0.29) is 0 Å². The summed E-state index contributed by atoms with van der Waals surface area (Å²) in [5.41, 5.74) is 0. The molecule has 4 heteroatoms. The molecule has 68 valence electrons. The molecule has 0 bridgehead atoms. The van der Waals surface area contributed by atoms with Crippen molar-refractivity contribution in [1.29, 1.82) is 0 Å². The number of aromatic nitrogens is 2. The van der Waals surface area contributed by atoms with Crippen LogP contribution >= 0.6 is 15.9 Å². The quantitative estimate of drug-likeness (QED) is 0.753. The lowest BCUT2D eigenvalue weighted by molar-refractivity contribution is 0.881. The highest BCUT2D eigenvalue weighted by molar-refractivity contribution is 9.10. The molecule has 1 aromatic rings. The molecule has 0 radical (unpaired) electrons. The molecule has 1 aromatic heterocycles. The van der Waals surface area contributed by atoms with E-state index in [1.165, 1.54) is 6.33 Å². The maximum Gasteiger partial charge on any atom is 0.147 e. The Morgan fingerprint density at radius 1 is 1.69 bits per heavy atom. The predicted molar refractivity (Wildman–Crippen MR) is 56.5 cm³/mol. The third kappa shape index (κ3) is 2.43. The molecule has 0 saturated carbocycles. The van der Waals surface area contributed by atoms with Crippen LogP contribution in [0, 0.1) is 12.3 Å². The van der Waals surface area contributed by atoms with Crippen LogP contribution in [-0.2, 0) is 0 Å². The molecule has 0 saturated heterocycles. The van der Waals surface area contributed by atoms with E-state index in [0.717, 1.165) is 16.8 Å². The summed E-state index contributed by atoms with van der Waals surface area (Å²) < 4.78 is 0.868. The largest absolute Gasteiger partial charge is 0.345 e. The molecule has 3 nitrogen and oxygen atoms in total. The van der Waals surface area contributed by atoms with Gasteiger partial charge in [0.1, 0.15) is 12.1 Å². The summed E-state index contributed by atoms with van der Waals surface area (Å²) in [5, 5.41) is 0. The van der Waals surface area contributed by atoms with Gasteiger partial charge in [-0.2, -0.15) is 0 Å². The molecule has 0 unspecified atom stereocenters. The minimum Gasteiger partial charge on any atom is -0.345 e. The van der Waals surface area contributed by atoms with E-state index < -0.39 is 0 Å². The topological polar surface area (TPSA) is 29.0 Å². The Labute approximate surface area is 86.3 Å². The van der Waals surface area contributed by atoms with Crippen molar-refractivity contribution in [3.8, 4) is 12.3 Å². The van der Waals surface area contributed by atoms with Crippen LogP contribution in [0.15, 0.2) is 17.0 Å². The number of anilines is 1. The Morgan fingerprint density at radius 3 is 3.00 bits per heavy atom. The Bertz CT molecular complexity index is 319. The van der Waals surface area contributed by atoms with E-state index in [1.807, 2.05) is 11.8 Å². The van der Waals surface area contributed by atoms with Crippen molar-refractivity contribution in [2.75, 3.05) is 18.0 Å². The molecule has 0 spiro atoms. The lowest BCUT2D eigenvalue weighted by atomic mass is 10.4. The lowest BCUT2D eigenvalue weighted by Gasteiger charge is -2.19. The monoisotopic (exact) mass is 239 g/mol. The first kappa shape index (κ1) is 10.0. The highest BCUT2D eigenvalue weighted by Gasteiger charge is 2.07. The number of hydrogen-bond donors (Lipinski definition) is 0. The fraction of sp³-hybridized carbons (Fsp3) is 0.333. The Morgan fingerprint density at radius 2 is 2.46 bits per heavy atom. The Balaban J connectivity index is 2.92. The Kier molecular flexibility index (Phi) is 3.71. The third-order valence-electron chi connectivity index (χ3n) is 1.61. The summed E-state index contributed by atoms with van der Waals surface area (Å²) in [7, 11) is 0. The van der Waals surface area contributed by atoms with E-state index in [2.05, 4.69) is 31.8 Å². The van der Waals surface area contributed by atoms with Gasteiger partial charge in [-0.15, -0.1) is 6.42 Å². The smallest absolute Gasteiger partial charge is 0.147 e. The minimum atomic E-state index is 0.562. The second kappa shape index (κ2) is 4.83. The zero-order chi connectivity index (χ0) is 9.68. The van der Waals surface area contributed by atoms with Crippen LogP contribution < -0.4 is 4.90 Å². The van der Waals surface area contributed by atoms with Gasteiger partial charge in [-0.05, 0) is 22.9 Å². The van der Waals surface area contributed by atoms with Crippen molar-refractivity contribution in [1.82, 2.24) is 9.97 Å². The second-order valence-electron chi connectivity index (χ2n) is 2.41. The molecule has 0 atom stereocenters. The number of nitrogens with zero attached hydrogens (tertiary/aromatic N) is 3. The van der Waals surface area contributed by atoms with Gasteiger partial charge < -0.3 is 4.90 Å². The molecule has 0 aliphatic heterocycles. The van der Waals surface area contributed by atoms with E-state index in [0.29, 0.717) is 6.54 Å². The molecular formula is C9H10BrN3. The molecule has 0 aromatic carbocycles. The van der Waals surface area contributed by atoms with Gasteiger partial charge in [0.2, 0.25) is 0 Å². The first-order valence-electron chi connectivity index (χ1n) is 3.93. The molecule has 13 heavy (non-hydrogen) atoms. The standard InChI is InChI=1S/C9H10BrN3/c1-3-5-13(4-2)9-8(10)6-11-7-12-9/h1,6-7H,4-5H2,2H3. The molecule has 0 aliphatic carbocycles. The predicted octanol–water partition coefficient (Wildman–Crippen LogP) is 1.70. The van der Waals surface area contributed by atoms with Crippen molar-refractivity contribution in [3.63, 3.8) is 0 Å². The highest BCUT2D eigenvalue weighted by atomic mass is 79.9. The fourth-order valence-electron chi connectivity index (χ4n) is 0.986. The maximum absolute atomic E-state index is 5.24. The lowest BCUT2D eigenvalue weighted by Crippen LogP contribution is -2.24. The summed E-state index contributed by atoms with van der Waals surface area (Å²) in [4.78, 5) is 10.0. The van der Waals surface area contributed by atoms with Crippen LogP contribution in [0.2, 0.25) is 0 Å². The van der Waals surface area contributed by atoms with Gasteiger partial charge in [0, 0.05) is 12.7 Å². The second-order valence-corrected chi connectivity index (χ2v) is 3.27. The van der Waals surface area contributed by atoms with Crippen LogP contribution in [0.3, 0.4) is 0 Å². The molecule has 1 heterocycles. The summed E-state index contributed by atoms with van der Waals surface area (Å²) in [5.74, 6) is 3.43. The molecular weight excluding hydrogens is 230 g/mol. The van der Waals surface area contributed by atoms with Gasteiger partial charge in [0.25, 0.3) is 0 Å². The number of halogens is 1. The minimum absolute atomic E-state index is 0.562. The van der Waals surface area contributed by atoms with Crippen LogP contribution in [0.5, 0.6) is 0 Å². The van der Waals surface area contributed by atoms with Crippen molar-refractivity contribution in [2.24, 2.45) is 0 Å². The van der Waals surface area contributed by atoms with Crippen molar-refractivity contribution < 1.29 is 0 Å². The highest BCUT2D eigenvalue weighted by Crippen LogP contribution is 2.21. The van der Waals surface area contributed by atoms with Crippen LogP contribution in [-0.4, -0.2) is 23.1 Å². The average molecular weight is 240 g/mol. The molecule has 0 amide bonds. The number of rotatable bonds is 3. The van der Waals surface area contributed by atoms with Crippen LogP contribution in [0.4, 0.5) is 5.82 Å². The fourth-order valence-corrected chi connectivity index (χ4v) is 1.46. The van der Waals surface area contributed by atoms with Crippen molar-refractivity contribution in [2.45, 2.75) is 6.92 Å². The third-order valence-corrected chi connectivity index (χ3v) is 2.17. The SMILES string of the molecule is C#CCN(CC)c1ncncc1Br. The van der Waals surface area contributed by atoms with E-state index in [9.17, 15) is 0 Å². The maximum atomic E-state index is 5.24. The molecule has 1 rings (SSSR count). The zero-order valence-corrected chi connectivity index (χ0v) is 8.95. The van der Waals surface area contributed by atoms with E-state index >= 15 is 0 Å². The average Bonchev–Trinajstić information content (AvgIpc) is 2.16. The zero-order valence-electron chi connectivity index (χ0n) is 7.37. The van der Waals surface area contributed by atoms with Gasteiger partial charge in [0.05, 0.1) is 11.0 Å². The van der Waals surface area contributed by atoms with Gasteiger partial charge >= 0.3 is 0 Å². The van der Waals surface area contributed by atoms with Crippen LogP contribution in [0.1, 0.15) is 6.92 Å². The number of hydrogen-bond acceptors (Lipinski definition) is 3. The normalized spacial score (nSPS) is 9.31. The van der Waals surface area contributed by atoms with Gasteiger partial charge in [0.15, 0.2) is 0 Å². The molecule has 0 fully saturated rings. The van der Waals surface area contributed by atoms with Gasteiger partial charge in [-0.3, -0.25) is 0 Å². The first-order valence-corrected chi connectivity index (χ1v) is 4.72. The number of terminal acetylenes is 1. The molecule has 0 N–H and O–H groups in total. The van der Waals surface area contributed by atoms with E-state index in [4.69, 9.17) is 6.42 Å².